The first kappa shape index (κ1) is 16.0. The van der Waals surface area contributed by atoms with Crippen molar-refractivity contribution >= 4 is 19.9 Å². The molecule has 1 saturated heterocycles. The van der Waals surface area contributed by atoms with Crippen LogP contribution in [-0.2, 0) is 32.7 Å². The van der Waals surface area contributed by atoms with E-state index in [1.54, 1.807) is 12.1 Å². The summed E-state index contributed by atoms with van der Waals surface area (Å²) in [6.07, 6.45) is 4.27. The smallest absolute Gasteiger partial charge is 0.229 e. The van der Waals surface area contributed by atoms with Gasteiger partial charge in [0.2, 0.25) is 10.0 Å². The molecule has 1 fully saturated rings. The molecule has 1 heterocycles. The van der Waals surface area contributed by atoms with E-state index in [1.807, 2.05) is 6.07 Å². The average molecular weight is 343 g/mol. The molecule has 1 aliphatic heterocycles. The highest BCUT2D eigenvalue weighted by Crippen LogP contribution is 2.25. The van der Waals surface area contributed by atoms with Gasteiger partial charge >= 0.3 is 0 Å². The Hall–Kier alpha value is -0.920. The first-order valence-corrected chi connectivity index (χ1v) is 11.0. The molecule has 1 atom stereocenters. The van der Waals surface area contributed by atoms with Gasteiger partial charge in [-0.3, -0.25) is 0 Å². The molecule has 3 rings (SSSR count). The second kappa shape index (κ2) is 5.94. The molecule has 0 amide bonds. The molecule has 122 valence electrons. The number of hydrogen-bond donors (Lipinski definition) is 1. The Morgan fingerprint density at radius 3 is 2.68 bits per heavy atom. The summed E-state index contributed by atoms with van der Waals surface area (Å²) in [6, 6.07) is 5.33. The van der Waals surface area contributed by atoms with E-state index in [-0.39, 0.29) is 17.4 Å². The summed E-state index contributed by atoms with van der Waals surface area (Å²) < 4.78 is 50.0. The van der Waals surface area contributed by atoms with E-state index in [9.17, 15) is 16.8 Å². The molecule has 0 aromatic heterocycles. The molecule has 0 saturated carbocycles. The van der Waals surface area contributed by atoms with Crippen LogP contribution in [0.15, 0.2) is 23.1 Å². The van der Waals surface area contributed by atoms with Crippen LogP contribution in [0.1, 0.15) is 30.4 Å². The lowest BCUT2D eigenvalue weighted by Gasteiger charge is -2.10. The lowest BCUT2D eigenvalue weighted by Crippen LogP contribution is -2.26. The summed E-state index contributed by atoms with van der Waals surface area (Å²) in [5, 5.41) is 0. The third-order valence-corrected chi connectivity index (χ3v) is 7.85. The summed E-state index contributed by atoms with van der Waals surface area (Å²) >= 11 is 0. The highest BCUT2D eigenvalue weighted by molar-refractivity contribution is 7.91. The van der Waals surface area contributed by atoms with Crippen molar-refractivity contribution in [2.24, 2.45) is 5.92 Å². The van der Waals surface area contributed by atoms with Crippen molar-refractivity contribution in [2.45, 2.75) is 37.0 Å². The number of benzene rings is 1. The highest BCUT2D eigenvalue weighted by Gasteiger charge is 2.28. The normalized spacial score (nSPS) is 23.5. The third kappa shape index (κ3) is 3.52. The molecule has 0 bridgehead atoms. The van der Waals surface area contributed by atoms with Crippen LogP contribution in [0.2, 0.25) is 0 Å². The van der Waals surface area contributed by atoms with Crippen LogP contribution in [0.4, 0.5) is 0 Å². The first-order chi connectivity index (χ1) is 10.4. The number of aryl methyl sites for hydroxylation is 2. The monoisotopic (exact) mass is 343 g/mol. The number of rotatable bonds is 5. The fourth-order valence-corrected chi connectivity index (χ4v) is 6.30. The van der Waals surface area contributed by atoms with E-state index in [1.165, 1.54) is 5.56 Å². The quantitative estimate of drug-likeness (QED) is 0.873. The third-order valence-electron chi connectivity index (χ3n) is 4.55. The molecule has 2 aliphatic rings. The molecular weight excluding hydrogens is 322 g/mol. The van der Waals surface area contributed by atoms with Gasteiger partial charge in [0.05, 0.1) is 16.4 Å². The van der Waals surface area contributed by atoms with Crippen LogP contribution >= 0.6 is 0 Å². The average Bonchev–Trinajstić information content (AvgIpc) is 3.04. The Bertz CT molecular complexity index is 769. The molecule has 7 heteroatoms. The van der Waals surface area contributed by atoms with Crippen LogP contribution in [0.25, 0.3) is 0 Å². The van der Waals surface area contributed by atoms with E-state index < -0.39 is 19.9 Å². The largest absolute Gasteiger partial charge is 0.240 e. The number of sulfone groups is 1. The van der Waals surface area contributed by atoms with Crippen molar-refractivity contribution in [3.63, 3.8) is 0 Å². The molecule has 1 N–H and O–H groups in total. The minimum Gasteiger partial charge on any atom is -0.229 e. The maximum absolute atomic E-state index is 12.3. The van der Waals surface area contributed by atoms with Crippen molar-refractivity contribution < 1.29 is 16.8 Å². The van der Waals surface area contributed by atoms with Crippen LogP contribution in [0.5, 0.6) is 0 Å². The number of sulfonamides is 1. The van der Waals surface area contributed by atoms with E-state index in [2.05, 4.69) is 4.72 Å². The fraction of sp³-hybridized carbons (Fsp3) is 0.600. The Morgan fingerprint density at radius 1 is 1.18 bits per heavy atom. The summed E-state index contributed by atoms with van der Waals surface area (Å²) in [5.74, 6) is 0.496. The Labute approximate surface area is 132 Å². The van der Waals surface area contributed by atoms with Gasteiger partial charge in [-0.25, -0.2) is 21.6 Å². The van der Waals surface area contributed by atoms with Crippen LogP contribution in [0.3, 0.4) is 0 Å². The number of hydrogen-bond acceptors (Lipinski definition) is 4. The van der Waals surface area contributed by atoms with Gasteiger partial charge < -0.3 is 0 Å². The van der Waals surface area contributed by atoms with Gasteiger partial charge in [0.25, 0.3) is 0 Å². The Kier molecular flexibility index (Phi) is 4.31. The second-order valence-electron chi connectivity index (χ2n) is 6.24. The van der Waals surface area contributed by atoms with Crippen LogP contribution < -0.4 is 4.72 Å². The van der Waals surface area contributed by atoms with Crippen molar-refractivity contribution in [3.05, 3.63) is 29.3 Å². The fourth-order valence-electron chi connectivity index (χ4n) is 3.30. The summed E-state index contributed by atoms with van der Waals surface area (Å²) in [5.41, 5.74) is 2.37. The van der Waals surface area contributed by atoms with E-state index in [0.29, 0.717) is 24.3 Å². The van der Waals surface area contributed by atoms with Gasteiger partial charge in [-0.15, -0.1) is 0 Å². The Balaban J connectivity index is 1.60. The number of fused-ring (bicyclic) bond motifs is 1. The summed E-state index contributed by atoms with van der Waals surface area (Å²) in [4.78, 5) is 0.312. The van der Waals surface area contributed by atoms with Crippen molar-refractivity contribution in [1.29, 1.82) is 0 Å². The van der Waals surface area contributed by atoms with Gasteiger partial charge in [0, 0.05) is 6.54 Å². The molecule has 5 nitrogen and oxygen atoms in total. The van der Waals surface area contributed by atoms with Gasteiger partial charge in [-0.2, -0.15) is 0 Å². The number of nitrogens with one attached hydrogen (secondary N) is 1. The second-order valence-corrected chi connectivity index (χ2v) is 10.2. The predicted molar refractivity (Wildman–Crippen MR) is 85.0 cm³/mol. The molecule has 1 aromatic rings. The van der Waals surface area contributed by atoms with Crippen molar-refractivity contribution in [3.8, 4) is 0 Å². The van der Waals surface area contributed by atoms with E-state index in [0.717, 1.165) is 24.8 Å². The standard InChI is InChI=1S/C15H21NO4S2/c17-21(18)9-7-12(11-21)6-8-16-22(19,20)15-5-4-13-2-1-3-14(13)10-15/h4-5,10,12,16H,1-3,6-9,11H2. The lowest BCUT2D eigenvalue weighted by molar-refractivity contribution is 0.527. The molecule has 0 spiro atoms. The van der Waals surface area contributed by atoms with E-state index in [4.69, 9.17) is 0 Å². The van der Waals surface area contributed by atoms with Crippen LogP contribution in [0, 0.1) is 5.92 Å². The zero-order chi connectivity index (χ0) is 15.8. The molecule has 0 radical (unpaired) electrons. The van der Waals surface area contributed by atoms with Gasteiger partial charge in [-0.05, 0) is 61.3 Å². The lowest BCUT2D eigenvalue weighted by atomic mass is 10.1. The Morgan fingerprint density at radius 2 is 1.95 bits per heavy atom. The van der Waals surface area contributed by atoms with Gasteiger partial charge in [0.15, 0.2) is 9.84 Å². The summed E-state index contributed by atoms with van der Waals surface area (Å²) in [7, 11) is -6.40. The maximum Gasteiger partial charge on any atom is 0.240 e. The summed E-state index contributed by atoms with van der Waals surface area (Å²) in [6.45, 7) is 0.291. The molecule has 1 aromatic carbocycles. The topological polar surface area (TPSA) is 80.3 Å². The minimum atomic E-state index is -3.50. The zero-order valence-corrected chi connectivity index (χ0v) is 14.0. The minimum absolute atomic E-state index is 0.0766. The highest BCUT2D eigenvalue weighted by atomic mass is 32.2. The van der Waals surface area contributed by atoms with Gasteiger partial charge in [-0.1, -0.05) is 6.07 Å². The molecule has 1 unspecified atom stereocenters. The maximum atomic E-state index is 12.3. The molecular formula is C15H21NO4S2. The molecule has 1 aliphatic carbocycles. The van der Waals surface area contributed by atoms with Crippen molar-refractivity contribution in [1.82, 2.24) is 4.72 Å². The van der Waals surface area contributed by atoms with Crippen molar-refractivity contribution in [2.75, 3.05) is 18.1 Å². The zero-order valence-electron chi connectivity index (χ0n) is 12.4. The SMILES string of the molecule is O=S1(=O)CCC(CCNS(=O)(=O)c2ccc3c(c2)CCC3)C1. The van der Waals surface area contributed by atoms with E-state index >= 15 is 0 Å². The molecule has 22 heavy (non-hydrogen) atoms. The van der Waals surface area contributed by atoms with Crippen LogP contribution in [-0.4, -0.2) is 34.9 Å². The predicted octanol–water partition coefficient (Wildman–Crippen LogP) is 1.28. The first-order valence-electron chi connectivity index (χ1n) is 7.68. The van der Waals surface area contributed by atoms with Gasteiger partial charge in [0.1, 0.15) is 0 Å².